The average Bonchev–Trinajstić information content (AvgIpc) is 3.37. The van der Waals surface area contributed by atoms with Crippen LogP contribution in [0.15, 0.2) is 54.2 Å². The predicted molar refractivity (Wildman–Crippen MR) is 134 cm³/mol. The van der Waals surface area contributed by atoms with Gasteiger partial charge in [0.05, 0.1) is 30.5 Å². The van der Waals surface area contributed by atoms with Crippen LogP contribution in [0.4, 0.5) is 10.2 Å². The Kier molecular flexibility index (Phi) is 7.28. The van der Waals surface area contributed by atoms with Gasteiger partial charge in [-0.2, -0.15) is 4.31 Å². The van der Waals surface area contributed by atoms with E-state index in [9.17, 15) is 12.8 Å². The number of anilines is 1. The van der Waals surface area contributed by atoms with Crippen molar-refractivity contribution in [2.24, 2.45) is 0 Å². The summed E-state index contributed by atoms with van der Waals surface area (Å²) in [5.41, 5.74) is 2.02. The van der Waals surface area contributed by atoms with Crippen molar-refractivity contribution in [2.45, 2.75) is 24.5 Å². The van der Waals surface area contributed by atoms with E-state index >= 15 is 0 Å². The van der Waals surface area contributed by atoms with Gasteiger partial charge in [0.25, 0.3) is 10.0 Å². The molecule has 2 aromatic heterocycles. The fraction of sp³-hybridized carbons (Fsp3) is 0.458. The highest BCUT2D eigenvalue weighted by Crippen LogP contribution is 2.22. The van der Waals surface area contributed by atoms with Crippen LogP contribution in [0.5, 0.6) is 0 Å². The standard InChI is InChI=1S/C24H31FN8O2S/c1-19(20-2-4-21(25)5-3-20)33-18-27-14-22(33)17-30-10-12-32(13-11-30)36(34,35)24-16-28-23(15-29-24)31-8-6-26-7-9-31/h2-5,14-16,18-19,26H,6-13,17H2,1H3/t19-/m1/s1. The highest BCUT2D eigenvalue weighted by molar-refractivity contribution is 7.89. The van der Waals surface area contributed by atoms with Crippen LogP contribution in [0, 0.1) is 5.82 Å². The van der Waals surface area contributed by atoms with E-state index in [-0.39, 0.29) is 16.9 Å². The number of benzene rings is 1. The van der Waals surface area contributed by atoms with Crippen LogP contribution in [0.2, 0.25) is 0 Å². The summed E-state index contributed by atoms with van der Waals surface area (Å²) in [6, 6.07) is 6.50. The first-order valence-corrected chi connectivity index (χ1v) is 13.6. The minimum Gasteiger partial charge on any atom is -0.353 e. The smallest absolute Gasteiger partial charge is 0.262 e. The van der Waals surface area contributed by atoms with Gasteiger partial charge in [0.2, 0.25) is 0 Å². The van der Waals surface area contributed by atoms with Gasteiger partial charge >= 0.3 is 0 Å². The summed E-state index contributed by atoms with van der Waals surface area (Å²) in [6.07, 6.45) is 6.54. The fourth-order valence-electron chi connectivity index (χ4n) is 4.69. The SMILES string of the molecule is C[C@H](c1ccc(F)cc1)n1cncc1CN1CCN(S(=O)(=O)c2cnc(N3CCNCC3)cn2)CC1. The Labute approximate surface area is 210 Å². The molecule has 192 valence electrons. The molecule has 10 nitrogen and oxygen atoms in total. The number of nitrogens with one attached hydrogen (secondary N) is 1. The first-order chi connectivity index (χ1) is 17.4. The lowest BCUT2D eigenvalue weighted by molar-refractivity contribution is 0.177. The van der Waals surface area contributed by atoms with E-state index in [1.54, 1.807) is 24.7 Å². The second kappa shape index (κ2) is 10.6. The van der Waals surface area contributed by atoms with E-state index in [2.05, 4.69) is 41.6 Å². The molecule has 12 heteroatoms. The molecule has 0 aliphatic carbocycles. The largest absolute Gasteiger partial charge is 0.353 e. The molecule has 0 amide bonds. The summed E-state index contributed by atoms with van der Waals surface area (Å²) in [5.74, 6) is 0.442. The Morgan fingerprint density at radius 2 is 1.69 bits per heavy atom. The molecule has 36 heavy (non-hydrogen) atoms. The van der Waals surface area contributed by atoms with Crippen molar-refractivity contribution in [1.82, 2.24) is 34.0 Å². The lowest BCUT2D eigenvalue weighted by Gasteiger charge is -2.34. The summed E-state index contributed by atoms with van der Waals surface area (Å²) in [6.45, 7) is 8.06. The molecule has 0 bridgehead atoms. The van der Waals surface area contributed by atoms with Crippen LogP contribution in [0.3, 0.4) is 0 Å². The van der Waals surface area contributed by atoms with Gasteiger partial charge in [0.15, 0.2) is 5.03 Å². The van der Waals surface area contributed by atoms with E-state index in [4.69, 9.17) is 0 Å². The molecule has 0 radical (unpaired) electrons. The van der Waals surface area contributed by atoms with E-state index < -0.39 is 10.0 Å². The molecule has 1 atom stereocenters. The summed E-state index contributed by atoms with van der Waals surface area (Å²) in [5, 5.41) is 3.27. The quantitative estimate of drug-likeness (QED) is 0.504. The van der Waals surface area contributed by atoms with Crippen LogP contribution in [0.1, 0.15) is 24.2 Å². The monoisotopic (exact) mass is 514 g/mol. The van der Waals surface area contributed by atoms with Crippen molar-refractivity contribution < 1.29 is 12.8 Å². The Hall–Kier alpha value is -2.93. The number of nitrogens with zero attached hydrogens (tertiary/aromatic N) is 7. The molecule has 5 rings (SSSR count). The predicted octanol–water partition coefficient (Wildman–Crippen LogP) is 1.34. The Balaban J connectivity index is 1.19. The van der Waals surface area contributed by atoms with E-state index in [0.717, 1.165) is 37.4 Å². The summed E-state index contributed by atoms with van der Waals surface area (Å²) in [7, 11) is -3.70. The van der Waals surface area contributed by atoms with Gasteiger partial charge in [0.1, 0.15) is 11.6 Å². The van der Waals surface area contributed by atoms with Gasteiger partial charge in [0, 0.05) is 65.1 Å². The van der Waals surface area contributed by atoms with Crippen LogP contribution in [0.25, 0.3) is 0 Å². The van der Waals surface area contributed by atoms with Gasteiger partial charge in [-0.3, -0.25) is 4.90 Å². The molecule has 1 aromatic carbocycles. The lowest BCUT2D eigenvalue weighted by atomic mass is 10.1. The molecule has 4 heterocycles. The van der Waals surface area contributed by atoms with E-state index in [1.807, 2.05) is 6.20 Å². The van der Waals surface area contributed by atoms with Crippen molar-refractivity contribution in [1.29, 1.82) is 0 Å². The number of sulfonamides is 1. The number of imidazole rings is 1. The summed E-state index contributed by atoms with van der Waals surface area (Å²) < 4.78 is 43.2. The maximum Gasteiger partial charge on any atom is 0.262 e. The third-order valence-corrected chi connectivity index (χ3v) is 8.68. The molecular weight excluding hydrogens is 483 g/mol. The van der Waals surface area contributed by atoms with Crippen molar-refractivity contribution >= 4 is 15.8 Å². The molecular formula is C24H31FN8O2S. The van der Waals surface area contributed by atoms with Crippen LogP contribution in [-0.4, -0.2) is 89.5 Å². The van der Waals surface area contributed by atoms with Crippen molar-refractivity contribution in [3.05, 3.63) is 66.3 Å². The van der Waals surface area contributed by atoms with Crippen molar-refractivity contribution in [3.8, 4) is 0 Å². The molecule has 0 saturated carbocycles. The first kappa shape index (κ1) is 24.8. The van der Waals surface area contributed by atoms with Gasteiger partial charge < -0.3 is 14.8 Å². The maximum absolute atomic E-state index is 13.3. The maximum atomic E-state index is 13.3. The first-order valence-electron chi connectivity index (χ1n) is 12.2. The number of hydrogen-bond acceptors (Lipinski definition) is 8. The zero-order valence-corrected chi connectivity index (χ0v) is 21.1. The number of rotatable bonds is 7. The minimum atomic E-state index is -3.70. The molecule has 2 saturated heterocycles. The molecule has 2 fully saturated rings. The van der Waals surface area contributed by atoms with Crippen LogP contribution in [-0.2, 0) is 16.6 Å². The second-order valence-corrected chi connectivity index (χ2v) is 11.0. The molecule has 0 unspecified atom stereocenters. The molecule has 2 aliphatic heterocycles. The topological polar surface area (TPSA) is 99.5 Å². The highest BCUT2D eigenvalue weighted by atomic mass is 32.2. The summed E-state index contributed by atoms with van der Waals surface area (Å²) in [4.78, 5) is 17.3. The molecule has 1 N–H and O–H groups in total. The summed E-state index contributed by atoms with van der Waals surface area (Å²) >= 11 is 0. The fourth-order valence-corrected chi connectivity index (χ4v) is 5.97. The average molecular weight is 515 g/mol. The Bertz CT molecular complexity index is 1250. The van der Waals surface area contributed by atoms with Gasteiger partial charge in [-0.1, -0.05) is 12.1 Å². The molecule has 3 aromatic rings. The number of halogens is 1. The minimum absolute atomic E-state index is 0.00696. The number of hydrogen-bond donors (Lipinski definition) is 1. The van der Waals surface area contributed by atoms with Crippen molar-refractivity contribution in [2.75, 3.05) is 57.3 Å². The van der Waals surface area contributed by atoms with E-state index in [1.165, 1.54) is 22.6 Å². The van der Waals surface area contributed by atoms with Crippen LogP contribution >= 0.6 is 0 Å². The van der Waals surface area contributed by atoms with E-state index in [0.29, 0.717) is 38.5 Å². The van der Waals surface area contributed by atoms with Crippen molar-refractivity contribution in [3.63, 3.8) is 0 Å². The third-order valence-electron chi connectivity index (χ3n) is 6.89. The zero-order valence-electron chi connectivity index (χ0n) is 20.3. The zero-order chi connectivity index (χ0) is 25.1. The normalized spacial score (nSPS) is 18.9. The molecule has 2 aliphatic rings. The van der Waals surface area contributed by atoms with Gasteiger partial charge in [-0.05, 0) is 24.6 Å². The Morgan fingerprint density at radius 1 is 0.972 bits per heavy atom. The number of aromatic nitrogens is 4. The van der Waals surface area contributed by atoms with Gasteiger partial charge in [-0.15, -0.1) is 0 Å². The third kappa shape index (κ3) is 5.26. The molecule has 0 spiro atoms. The second-order valence-electron chi connectivity index (χ2n) is 9.15. The van der Waals surface area contributed by atoms with Crippen LogP contribution < -0.4 is 10.2 Å². The Morgan fingerprint density at radius 3 is 2.36 bits per heavy atom. The van der Waals surface area contributed by atoms with Gasteiger partial charge in [-0.25, -0.2) is 27.8 Å². The lowest BCUT2D eigenvalue weighted by Crippen LogP contribution is -2.48. The number of piperazine rings is 2. The highest BCUT2D eigenvalue weighted by Gasteiger charge is 2.30.